The number of aliphatic hydroxyl groups excluding tert-OH is 1. The average Bonchev–Trinajstić information content (AvgIpc) is 2.98. The Balaban J connectivity index is 1.88. The van der Waals surface area contributed by atoms with Crippen molar-refractivity contribution in [3.63, 3.8) is 0 Å². The molecular weight excluding hydrogens is 320 g/mol. The number of carbonyl (C=O) groups is 1. The Bertz CT molecular complexity index is 755. The van der Waals surface area contributed by atoms with Crippen LogP contribution >= 0.6 is 0 Å². The molecule has 0 saturated carbocycles. The van der Waals surface area contributed by atoms with E-state index in [1.54, 1.807) is 0 Å². The minimum atomic E-state index is -0.995. The molecule has 0 bridgehead atoms. The number of nitrogens with zero attached hydrogens (tertiary/aromatic N) is 3. The maximum atomic E-state index is 13.5. The average molecular weight is 335 g/mol. The number of likely N-dealkylation sites (tertiary alicyclic amines) is 1. The van der Waals surface area contributed by atoms with E-state index in [4.69, 9.17) is 4.74 Å². The van der Waals surface area contributed by atoms with Gasteiger partial charge in [0.15, 0.2) is 17.3 Å². The number of halogens is 2. The minimum Gasteiger partial charge on any atom is -0.480 e. The highest BCUT2D eigenvalue weighted by molar-refractivity contribution is 5.92. The third kappa shape index (κ3) is 3.05. The molecule has 0 radical (unpaired) electrons. The maximum Gasteiger partial charge on any atom is 0.274 e. The number of hydrogen-bond donors (Lipinski definition) is 1. The summed E-state index contributed by atoms with van der Waals surface area (Å²) in [6.07, 6.45) is -0.515. The van der Waals surface area contributed by atoms with Crippen LogP contribution in [0.15, 0.2) is 30.3 Å². The van der Waals surface area contributed by atoms with Gasteiger partial charge in [-0.2, -0.15) is 0 Å². The van der Waals surface area contributed by atoms with Crippen LogP contribution in [-0.4, -0.2) is 45.9 Å². The Kier molecular flexibility index (Phi) is 4.39. The van der Waals surface area contributed by atoms with Gasteiger partial charge in [-0.05, 0) is 30.2 Å². The van der Waals surface area contributed by atoms with Gasteiger partial charge in [0.25, 0.3) is 5.91 Å². The second-order valence-electron chi connectivity index (χ2n) is 5.50. The molecule has 1 saturated heterocycles. The summed E-state index contributed by atoms with van der Waals surface area (Å²) in [7, 11) is 1.43. The normalized spacial score (nSPS) is 20.2. The highest BCUT2D eigenvalue weighted by Gasteiger charge is 2.36. The minimum absolute atomic E-state index is 0.0796. The van der Waals surface area contributed by atoms with Crippen molar-refractivity contribution < 1.29 is 23.4 Å². The molecule has 1 amide bonds. The van der Waals surface area contributed by atoms with Crippen LogP contribution in [0, 0.1) is 11.6 Å². The van der Waals surface area contributed by atoms with Crippen molar-refractivity contribution in [3.8, 4) is 5.88 Å². The molecule has 2 heterocycles. The zero-order valence-corrected chi connectivity index (χ0v) is 12.8. The quantitative estimate of drug-likeness (QED) is 0.924. The summed E-state index contributed by atoms with van der Waals surface area (Å²) in [6.45, 7) is 0.0796. The molecule has 0 spiro atoms. The standard InChI is InChI=1S/C16H15F2N3O3/c1-24-15-5-4-13(19-20-15)16(23)21-8-10(22)7-14(21)9-2-3-11(17)12(18)6-9/h2-6,10,14,22H,7-8H2,1H3. The Morgan fingerprint density at radius 2 is 2.04 bits per heavy atom. The first-order chi connectivity index (χ1) is 11.5. The summed E-state index contributed by atoms with van der Waals surface area (Å²) in [5.41, 5.74) is 0.498. The van der Waals surface area contributed by atoms with E-state index in [1.807, 2.05) is 0 Å². The molecule has 3 rings (SSSR count). The molecule has 0 aliphatic carbocycles. The van der Waals surface area contributed by atoms with Crippen molar-refractivity contribution in [1.29, 1.82) is 0 Å². The van der Waals surface area contributed by atoms with Crippen molar-refractivity contribution in [1.82, 2.24) is 15.1 Å². The van der Waals surface area contributed by atoms with E-state index in [9.17, 15) is 18.7 Å². The first-order valence-corrected chi connectivity index (χ1v) is 7.31. The smallest absolute Gasteiger partial charge is 0.274 e. The lowest BCUT2D eigenvalue weighted by atomic mass is 10.0. The topological polar surface area (TPSA) is 75.5 Å². The van der Waals surface area contributed by atoms with Crippen LogP contribution in [0.25, 0.3) is 0 Å². The van der Waals surface area contributed by atoms with Gasteiger partial charge in [-0.15, -0.1) is 10.2 Å². The number of ether oxygens (including phenoxy) is 1. The van der Waals surface area contributed by atoms with Gasteiger partial charge in [-0.1, -0.05) is 6.07 Å². The van der Waals surface area contributed by atoms with Crippen LogP contribution in [0.1, 0.15) is 28.5 Å². The third-order valence-corrected chi connectivity index (χ3v) is 3.94. The van der Waals surface area contributed by atoms with Crippen LogP contribution < -0.4 is 4.74 Å². The van der Waals surface area contributed by atoms with Gasteiger partial charge in [-0.3, -0.25) is 4.79 Å². The Morgan fingerprint density at radius 1 is 1.25 bits per heavy atom. The van der Waals surface area contributed by atoms with Gasteiger partial charge in [0.1, 0.15) is 0 Å². The van der Waals surface area contributed by atoms with E-state index in [0.717, 1.165) is 12.1 Å². The SMILES string of the molecule is COc1ccc(C(=O)N2CC(O)CC2c2ccc(F)c(F)c2)nn1. The first-order valence-electron chi connectivity index (χ1n) is 7.31. The van der Waals surface area contributed by atoms with E-state index in [-0.39, 0.29) is 24.5 Å². The number of aromatic nitrogens is 2. The molecule has 126 valence electrons. The molecule has 1 N–H and O–H groups in total. The Morgan fingerprint density at radius 3 is 2.67 bits per heavy atom. The van der Waals surface area contributed by atoms with E-state index in [0.29, 0.717) is 5.56 Å². The Labute approximate surface area is 136 Å². The predicted octanol–water partition coefficient (Wildman–Crippen LogP) is 1.71. The van der Waals surface area contributed by atoms with Crippen LogP contribution in [0.3, 0.4) is 0 Å². The van der Waals surface area contributed by atoms with E-state index in [2.05, 4.69) is 10.2 Å². The summed E-state index contributed by atoms with van der Waals surface area (Å²) in [5.74, 6) is -2.14. The fourth-order valence-corrected chi connectivity index (χ4v) is 2.76. The van der Waals surface area contributed by atoms with Crippen molar-refractivity contribution in [3.05, 3.63) is 53.2 Å². The molecule has 1 aromatic carbocycles. The second kappa shape index (κ2) is 6.48. The van der Waals surface area contributed by atoms with E-state index >= 15 is 0 Å². The van der Waals surface area contributed by atoms with Gasteiger partial charge in [0, 0.05) is 12.6 Å². The number of β-amino-alcohol motifs (C(OH)–C–C–N with tert-alkyl or cyclic N) is 1. The van der Waals surface area contributed by atoms with Crippen molar-refractivity contribution >= 4 is 5.91 Å². The number of methoxy groups -OCH3 is 1. The van der Waals surface area contributed by atoms with Crippen LogP contribution in [0.2, 0.25) is 0 Å². The van der Waals surface area contributed by atoms with Crippen LogP contribution in [0.4, 0.5) is 8.78 Å². The molecule has 2 unspecified atom stereocenters. The van der Waals surface area contributed by atoms with Crippen molar-refractivity contribution in [2.45, 2.75) is 18.6 Å². The van der Waals surface area contributed by atoms with Crippen LogP contribution in [-0.2, 0) is 0 Å². The third-order valence-electron chi connectivity index (χ3n) is 3.94. The highest BCUT2D eigenvalue weighted by Crippen LogP contribution is 2.33. The van der Waals surface area contributed by atoms with Gasteiger partial charge >= 0.3 is 0 Å². The summed E-state index contributed by atoms with van der Waals surface area (Å²) in [6, 6.07) is 5.84. The second-order valence-corrected chi connectivity index (χ2v) is 5.50. The largest absolute Gasteiger partial charge is 0.480 e. The molecular formula is C16H15F2N3O3. The van der Waals surface area contributed by atoms with Gasteiger partial charge in [0.2, 0.25) is 5.88 Å². The molecule has 2 atom stereocenters. The number of benzene rings is 1. The summed E-state index contributed by atoms with van der Waals surface area (Å²) >= 11 is 0. The Hall–Kier alpha value is -2.61. The molecule has 8 heteroatoms. The summed E-state index contributed by atoms with van der Waals surface area (Å²) in [5, 5.41) is 17.5. The lowest BCUT2D eigenvalue weighted by Gasteiger charge is -2.24. The number of hydrogen-bond acceptors (Lipinski definition) is 5. The molecule has 1 aliphatic rings. The monoisotopic (exact) mass is 335 g/mol. The zero-order chi connectivity index (χ0) is 17.3. The molecule has 6 nitrogen and oxygen atoms in total. The van der Waals surface area contributed by atoms with E-state index in [1.165, 1.54) is 30.2 Å². The lowest BCUT2D eigenvalue weighted by Crippen LogP contribution is -2.32. The number of carbonyl (C=O) groups excluding carboxylic acids is 1. The summed E-state index contributed by atoms with van der Waals surface area (Å²) < 4.78 is 31.5. The van der Waals surface area contributed by atoms with Crippen LogP contribution in [0.5, 0.6) is 5.88 Å². The van der Waals surface area contributed by atoms with Crippen molar-refractivity contribution in [2.24, 2.45) is 0 Å². The number of rotatable bonds is 3. The molecule has 2 aromatic rings. The molecule has 24 heavy (non-hydrogen) atoms. The van der Waals surface area contributed by atoms with Crippen molar-refractivity contribution in [2.75, 3.05) is 13.7 Å². The lowest BCUT2D eigenvalue weighted by molar-refractivity contribution is 0.0708. The van der Waals surface area contributed by atoms with E-state index < -0.39 is 29.7 Å². The molecule has 1 fully saturated rings. The maximum absolute atomic E-state index is 13.5. The first kappa shape index (κ1) is 16.3. The van der Waals surface area contributed by atoms with Gasteiger partial charge in [-0.25, -0.2) is 8.78 Å². The van der Waals surface area contributed by atoms with Gasteiger partial charge in [0.05, 0.1) is 19.3 Å². The number of amides is 1. The zero-order valence-electron chi connectivity index (χ0n) is 12.8. The fraction of sp³-hybridized carbons (Fsp3) is 0.312. The van der Waals surface area contributed by atoms with Gasteiger partial charge < -0.3 is 14.7 Å². The molecule has 1 aliphatic heterocycles. The highest BCUT2D eigenvalue weighted by atomic mass is 19.2. The summed E-state index contributed by atoms with van der Waals surface area (Å²) in [4.78, 5) is 14.0. The fourth-order valence-electron chi connectivity index (χ4n) is 2.76. The number of aliphatic hydroxyl groups is 1. The predicted molar refractivity (Wildman–Crippen MR) is 79.3 cm³/mol. The molecule has 1 aromatic heterocycles.